The van der Waals surface area contributed by atoms with Gasteiger partial charge in [-0.05, 0) is 49.3 Å². The SMILES string of the molecule is COc1ncccc1CNc1nc(C2CC2)cnc1C(=O)NC(/C=C/SC)C1CC1. The minimum atomic E-state index is -0.201. The van der Waals surface area contributed by atoms with Gasteiger partial charge in [-0.3, -0.25) is 4.79 Å². The van der Waals surface area contributed by atoms with Gasteiger partial charge in [0.2, 0.25) is 5.88 Å². The highest BCUT2D eigenvalue weighted by Gasteiger charge is 2.32. The average Bonchev–Trinajstić information content (AvgIpc) is 3.67. The Hall–Kier alpha value is -2.61. The summed E-state index contributed by atoms with van der Waals surface area (Å²) in [6.07, 6.45) is 12.0. The molecule has 8 heteroatoms. The number of carbonyl (C=O) groups is 1. The lowest BCUT2D eigenvalue weighted by Gasteiger charge is -2.16. The van der Waals surface area contributed by atoms with Crippen molar-refractivity contribution >= 4 is 23.5 Å². The number of thioether (sulfide) groups is 1. The molecule has 0 aliphatic heterocycles. The summed E-state index contributed by atoms with van der Waals surface area (Å²) < 4.78 is 5.33. The van der Waals surface area contributed by atoms with E-state index in [0.717, 1.165) is 36.9 Å². The maximum atomic E-state index is 13.1. The predicted octanol–water partition coefficient (Wildman–Crippen LogP) is 3.75. The lowest BCUT2D eigenvalue weighted by molar-refractivity contribution is 0.0936. The van der Waals surface area contributed by atoms with Crippen LogP contribution in [-0.4, -0.2) is 40.3 Å². The van der Waals surface area contributed by atoms with Gasteiger partial charge in [-0.15, -0.1) is 11.8 Å². The van der Waals surface area contributed by atoms with E-state index in [9.17, 15) is 4.79 Å². The zero-order chi connectivity index (χ0) is 20.9. The largest absolute Gasteiger partial charge is 0.481 e. The molecule has 0 radical (unpaired) electrons. The predicted molar refractivity (Wildman–Crippen MR) is 119 cm³/mol. The molecule has 2 heterocycles. The summed E-state index contributed by atoms with van der Waals surface area (Å²) in [5.74, 6) is 1.82. The maximum Gasteiger partial charge on any atom is 0.274 e. The van der Waals surface area contributed by atoms with E-state index in [0.29, 0.717) is 35.8 Å². The molecule has 0 aromatic carbocycles. The van der Waals surface area contributed by atoms with Crippen LogP contribution >= 0.6 is 11.8 Å². The van der Waals surface area contributed by atoms with Gasteiger partial charge in [0.25, 0.3) is 5.91 Å². The summed E-state index contributed by atoms with van der Waals surface area (Å²) in [7, 11) is 1.60. The average molecular weight is 426 g/mol. The van der Waals surface area contributed by atoms with Gasteiger partial charge in [0.15, 0.2) is 11.5 Å². The van der Waals surface area contributed by atoms with Gasteiger partial charge in [-0.25, -0.2) is 15.0 Å². The Morgan fingerprint density at radius 1 is 1.33 bits per heavy atom. The number of rotatable bonds is 10. The van der Waals surface area contributed by atoms with Crippen LogP contribution in [0.5, 0.6) is 5.88 Å². The van der Waals surface area contributed by atoms with Crippen LogP contribution in [0.2, 0.25) is 0 Å². The van der Waals surface area contributed by atoms with E-state index in [4.69, 9.17) is 9.72 Å². The number of hydrogen-bond donors (Lipinski definition) is 2. The van der Waals surface area contributed by atoms with Crippen molar-refractivity contribution in [2.45, 2.75) is 44.2 Å². The molecule has 4 rings (SSSR count). The molecule has 2 N–H and O–H groups in total. The minimum absolute atomic E-state index is 0.0288. The number of nitrogens with one attached hydrogen (secondary N) is 2. The number of anilines is 1. The summed E-state index contributed by atoms with van der Waals surface area (Å²) in [5, 5.41) is 8.46. The summed E-state index contributed by atoms with van der Waals surface area (Å²) in [6, 6.07) is 3.83. The quantitative estimate of drug-likeness (QED) is 0.599. The molecule has 2 saturated carbocycles. The van der Waals surface area contributed by atoms with Crippen molar-refractivity contribution in [1.29, 1.82) is 0 Å². The van der Waals surface area contributed by atoms with Gasteiger partial charge < -0.3 is 15.4 Å². The third kappa shape index (κ3) is 5.11. The molecule has 2 aromatic rings. The van der Waals surface area contributed by atoms with Crippen molar-refractivity contribution < 1.29 is 9.53 Å². The van der Waals surface area contributed by atoms with E-state index >= 15 is 0 Å². The van der Waals surface area contributed by atoms with E-state index in [1.807, 2.05) is 23.8 Å². The van der Waals surface area contributed by atoms with Crippen molar-refractivity contribution in [3.05, 3.63) is 53.0 Å². The number of carbonyl (C=O) groups excluding carboxylic acids is 1. The third-order valence-corrected chi connectivity index (χ3v) is 5.77. The second-order valence-electron chi connectivity index (χ2n) is 7.69. The number of hydrogen-bond acceptors (Lipinski definition) is 7. The van der Waals surface area contributed by atoms with E-state index in [1.54, 1.807) is 31.3 Å². The molecule has 2 aliphatic carbocycles. The molecular weight excluding hydrogens is 398 g/mol. The van der Waals surface area contributed by atoms with Crippen LogP contribution < -0.4 is 15.4 Å². The van der Waals surface area contributed by atoms with Gasteiger partial charge in [0.05, 0.1) is 18.8 Å². The van der Waals surface area contributed by atoms with E-state index in [1.165, 1.54) is 0 Å². The molecule has 1 unspecified atom stereocenters. The number of ether oxygens (including phenoxy) is 1. The summed E-state index contributed by atoms with van der Waals surface area (Å²) in [6.45, 7) is 0.443. The van der Waals surface area contributed by atoms with E-state index < -0.39 is 0 Å². The van der Waals surface area contributed by atoms with Gasteiger partial charge in [-0.2, -0.15) is 0 Å². The molecule has 0 saturated heterocycles. The Bertz CT molecular complexity index is 927. The normalized spacial score (nSPS) is 17.0. The number of pyridine rings is 1. The molecule has 2 aromatic heterocycles. The van der Waals surface area contributed by atoms with Gasteiger partial charge in [0.1, 0.15) is 0 Å². The fraction of sp³-hybridized carbons (Fsp3) is 0.455. The molecule has 158 valence electrons. The topological polar surface area (TPSA) is 89.0 Å². The molecule has 2 aliphatic rings. The molecule has 1 amide bonds. The monoisotopic (exact) mass is 425 g/mol. The molecule has 7 nitrogen and oxygen atoms in total. The lowest BCUT2D eigenvalue weighted by atomic mass is 10.1. The van der Waals surface area contributed by atoms with Crippen LogP contribution in [0.1, 0.15) is 53.3 Å². The third-order valence-electron chi connectivity index (χ3n) is 5.34. The lowest BCUT2D eigenvalue weighted by Crippen LogP contribution is -2.36. The Kier molecular flexibility index (Phi) is 6.52. The van der Waals surface area contributed by atoms with Crippen molar-refractivity contribution in [3.63, 3.8) is 0 Å². The van der Waals surface area contributed by atoms with Crippen LogP contribution in [-0.2, 0) is 6.54 Å². The number of methoxy groups -OCH3 is 1. The first kappa shape index (κ1) is 20.7. The fourth-order valence-electron chi connectivity index (χ4n) is 3.35. The molecule has 2 fully saturated rings. The van der Waals surface area contributed by atoms with Gasteiger partial charge in [-0.1, -0.05) is 12.1 Å². The standard InChI is InChI=1S/C22H27N5O2S/c1-29-22-16(4-3-10-23-22)12-25-20-19(24-13-18(26-20)15-7-8-15)21(28)27-17(9-11-30-2)14-5-6-14/h3-4,9-11,13-15,17H,5-8,12H2,1-2H3,(H,25,26)(H,27,28)/b11-9+. The zero-order valence-electron chi connectivity index (χ0n) is 17.3. The van der Waals surface area contributed by atoms with Crippen LogP contribution in [0.4, 0.5) is 5.82 Å². The van der Waals surface area contributed by atoms with Crippen LogP contribution in [0.3, 0.4) is 0 Å². The summed E-state index contributed by atoms with van der Waals surface area (Å²) in [4.78, 5) is 26.5. The molecular formula is C22H27N5O2S. The van der Waals surface area contributed by atoms with E-state index in [2.05, 4.69) is 26.7 Å². The van der Waals surface area contributed by atoms with Crippen molar-refractivity contribution in [2.24, 2.45) is 5.92 Å². The minimum Gasteiger partial charge on any atom is -0.481 e. The highest BCUT2D eigenvalue weighted by Crippen LogP contribution is 2.39. The van der Waals surface area contributed by atoms with Crippen molar-refractivity contribution in [1.82, 2.24) is 20.3 Å². The Balaban J connectivity index is 1.54. The van der Waals surface area contributed by atoms with Crippen LogP contribution in [0, 0.1) is 5.92 Å². The van der Waals surface area contributed by atoms with Crippen molar-refractivity contribution in [3.8, 4) is 5.88 Å². The second kappa shape index (κ2) is 9.47. The Labute approximate surface area is 181 Å². The first-order chi connectivity index (χ1) is 14.7. The highest BCUT2D eigenvalue weighted by molar-refractivity contribution is 8.01. The number of aromatic nitrogens is 3. The van der Waals surface area contributed by atoms with Crippen molar-refractivity contribution in [2.75, 3.05) is 18.7 Å². The van der Waals surface area contributed by atoms with Crippen LogP contribution in [0.15, 0.2) is 36.0 Å². The zero-order valence-corrected chi connectivity index (χ0v) is 18.1. The Morgan fingerprint density at radius 3 is 2.87 bits per heavy atom. The second-order valence-corrected chi connectivity index (χ2v) is 8.44. The molecule has 0 spiro atoms. The maximum absolute atomic E-state index is 13.1. The molecule has 30 heavy (non-hydrogen) atoms. The summed E-state index contributed by atoms with van der Waals surface area (Å²) >= 11 is 1.63. The fourth-order valence-corrected chi connectivity index (χ4v) is 3.68. The molecule has 0 bridgehead atoms. The molecule has 1 atom stereocenters. The summed E-state index contributed by atoms with van der Waals surface area (Å²) in [5.41, 5.74) is 2.16. The number of nitrogens with zero attached hydrogens (tertiary/aromatic N) is 3. The smallest absolute Gasteiger partial charge is 0.274 e. The van der Waals surface area contributed by atoms with Gasteiger partial charge in [0, 0.05) is 30.4 Å². The number of amides is 1. The van der Waals surface area contributed by atoms with Crippen LogP contribution in [0.25, 0.3) is 0 Å². The highest BCUT2D eigenvalue weighted by atomic mass is 32.2. The first-order valence-corrected chi connectivity index (χ1v) is 11.6. The van der Waals surface area contributed by atoms with Gasteiger partial charge >= 0.3 is 0 Å². The first-order valence-electron chi connectivity index (χ1n) is 10.3. The Morgan fingerprint density at radius 2 is 2.17 bits per heavy atom. The van der Waals surface area contributed by atoms with E-state index in [-0.39, 0.29) is 11.9 Å².